The summed E-state index contributed by atoms with van der Waals surface area (Å²) < 4.78 is 21.3. The SMILES string of the molecule is CC1=NC2CCCCC2N=C1c1cc2nc(N3CCC(F)C3)cc(NC3CCOCC3)n2n1. The average Bonchev–Trinajstić information content (AvgIpc) is 3.45. The molecule has 1 N–H and O–H groups in total. The molecule has 3 aliphatic heterocycles. The lowest BCUT2D eigenvalue weighted by atomic mass is 9.89. The van der Waals surface area contributed by atoms with Gasteiger partial charge in [0.2, 0.25) is 0 Å². The van der Waals surface area contributed by atoms with E-state index in [1.165, 1.54) is 12.8 Å². The van der Waals surface area contributed by atoms with Gasteiger partial charge in [-0.3, -0.25) is 9.98 Å². The highest BCUT2D eigenvalue weighted by Gasteiger charge is 2.31. The summed E-state index contributed by atoms with van der Waals surface area (Å²) in [6.07, 6.45) is 6.32. The molecule has 1 aliphatic carbocycles. The third kappa shape index (κ3) is 4.11. The molecule has 176 valence electrons. The number of hydrogen-bond acceptors (Lipinski definition) is 7. The van der Waals surface area contributed by atoms with Crippen molar-refractivity contribution in [2.24, 2.45) is 9.98 Å². The highest BCUT2D eigenvalue weighted by atomic mass is 19.1. The molecule has 33 heavy (non-hydrogen) atoms. The molecule has 5 heterocycles. The maximum absolute atomic E-state index is 13.9. The number of alkyl halides is 1. The lowest BCUT2D eigenvalue weighted by Gasteiger charge is -2.30. The van der Waals surface area contributed by atoms with Crippen LogP contribution in [0, 0.1) is 0 Å². The van der Waals surface area contributed by atoms with Crippen molar-refractivity contribution in [3.63, 3.8) is 0 Å². The van der Waals surface area contributed by atoms with Crippen LogP contribution in [-0.4, -0.2) is 76.6 Å². The molecule has 2 aromatic rings. The third-order valence-electron chi connectivity index (χ3n) is 7.38. The number of fused-ring (bicyclic) bond motifs is 2. The minimum absolute atomic E-state index is 0.261. The molecule has 9 heteroatoms. The number of ether oxygens (including phenoxy) is 1. The van der Waals surface area contributed by atoms with Crippen molar-refractivity contribution < 1.29 is 9.13 Å². The average molecular weight is 454 g/mol. The van der Waals surface area contributed by atoms with Crippen molar-refractivity contribution in [3.05, 3.63) is 17.8 Å². The fourth-order valence-electron chi connectivity index (χ4n) is 5.53. The smallest absolute Gasteiger partial charge is 0.160 e. The minimum atomic E-state index is -0.797. The first kappa shape index (κ1) is 21.0. The van der Waals surface area contributed by atoms with Gasteiger partial charge in [-0.1, -0.05) is 12.8 Å². The highest BCUT2D eigenvalue weighted by molar-refractivity contribution is 6.47. The molecule has 3 atom stereocenters. The van der Waals surface area contributed by atoms with Crippen LogP contribution in [0.25, 0.3) is 5.65 Å². The molecule has 6 rings (SSSR count). The molecule has 2 aromatic heterocycles. The zero-order valence-corrected chi connectivity index (χ0v) is 19.2. The molecule has 2 saturated heterocycles. The topological polar surface area (TPSA) is 79.4 Å². The van der Waals surface area contributed by atoms with E-state index in [1.807, 2.05) is 28.5 Å². The van der Waals surface area contributed by atoms with E-state index in [0.29, 0.717) is 31.6 Å². The number of nitrogens with one attached hydrogen (secondary N) is 1. The third-order valence-corrected chi connectivity index (χ3v) is 7.38. The summed E-state index contributed by atoms with van der Waals surface area (Å²) in [6.45, 7) is 4.63. The number of rotatable bonds is 4. The number of aromatic nitrogens is 3. The second-order valence-corrected chi connectivity index (χ2v) is 9.77. The Bertz CT molecular complexity index is 1090. The molecular weight excluding hydrogens is 421 g/mol. The number of anilines is 2. The van der Waals surface area contributed by atoms with Gasteiger partial charge in [0, 0.05) is 37.9 Å². The Labute approximate surface area is 193 Å². The molecule has 0 bridgehead atoms. The second kappa shape index (κ2) is 8.66. The molecule has 0 amide bonds. The predicted octanol–water partition coefficient (Wildman–Crippen LogP) is 3.44. The van der Waals surface area contributed by atoms with Crippen molar-refractivity contribution in [2.45, 2.75) is 76.2 Å². The van der Waals surface area contributed by atoms with Crippen molar-refractivity contribution in [2.75, 3.05) is 36.5 Å². The van der Waals surface area contributed by atoms with Gasteiger partial charge in [0.1, 0.15) is 29.2 Å². The quantitative estimate of drug-likeness (QED) is 0.767. The fourth-order valence-corrected chi connectivity index (χ4v) is 5.53. The van der Waals surface area contributed by atoms with Crippen molar-refractivity contribution in [1.29, 1.82) is 0 Å². The summed E-state index contributed by atoms with van der Waals surface area (Å²) in [4.78, 5) is 17.0. The molecule has 0 spiro atoms. The van der Waals surface area contributed by atoms with Crippen molar-refractivity contribution in [1.82, 2.24) is 14.6 Å². The largest absolute Gasteiger partial charge is 0.381 e. The second-order valence-electron chi connectivity index (χ2n) is 9.77. The van der Waals surface area contributed by atoms with Gasteiger partial charge >= 0.3 is 0 Å². The normalized spacial score (nSPS) is 28.5. The van der Waals surface area contributed by atoms with Crippen LogP contribution in [0.4, 0.5) is 16.0 Å². The van der Waals surface area contributed by atoms with Crippen LogP contribution in [-0.2, 0) is 4.74 Å². The van der Waals surface area contributed by atoms with Crippen molar-refractivity contribution in [3.8, 4) is 0 Å². The van der Waals surface area contributed by atoms with Crippen LogP contribution in [0.15, 0.2) is 22.1 Å². The summed E-state index contributed by atoms with van der Waals surface area (Å²) in [7, 11) is 0. The van der Waals surface area contributed by atoms with E-state index in [4.69, 9.17) is 24.8 Å². The molecule has 1 saturated carbocycles. The Hall–Kier alpha value is -2.55. The molecule has 0 radical (unpaired) electrons. The maximum Gasteiger partial charge on any atom is 0.160 e. The van der Waals surface area contributed by atoms with Crippen LogP contribution in [0.1, 0.15) is 57.6 Å². The summed E-state index contributed by atoms with van der Waals surface area (Å²) in [5.74, 6) is 1.68. The van der Waals surface area contributed by atoms with Crippen LogP contribution < -0.4 is 10.2 Å². The van der Waals surface area contributed by atoms with Crippen LogP contribution in [0.5, 0.6) is 0 Å². The van der Waals surface area contributed by atoms with E-state index >= 15 is 0 Å². The predicted molar refractivity (Wildman–Crippen MR) is 128 cm³/mol. The molecule has 8 nitrogen and oxygen atoms in total. The van der Waals surface area contributed by atoms with E-state index in [9.17, 15) is 4.39 Å². The summed E-state index contributed by atoms with van der Waals surface area (Å²) in [5.41, 5.74) is 3.40. The van der Waals surface area contributed by atoms with Gasteiger partial charge in [0.25, 0.3) is 0 Å². The van der Waals surface area contributed by atoms with E-state index in [0.717, 1.165) is 73.3 Å². The van der Waals surface area contributed by atoms with E-state index < -0.39 is 6.17 Å². The van der Waals surface area contributed by atoms with Gasteiger partial charge in [0.05, 0.1) is 24.3 Å². The minimum Gasteiger partial charge on any atom is -0.381 e. The lowest BCUT2D eigenvalue weighted by Crippen LogP contribution is -2.35. The Morgan fingerprint density at radius 3 is 2.58 bits per heavy atom. The number of halogens is 1. The standard InChI is InChI=1S/C24H32FN7O/c1-15-24(28-19-5-3-2-4-18(19)26-15)20-12-22-29-21(31-9-6-16(25)14-31)13-23(32(22)30-20)27-17-7-10-33-11-8-17/h12-13,16-19,27H,2-11,14H2,1H3. The molecular formula is C24H32FN7O. The Morgan fingerprint density at radius 1 is 1.03 bits per heavy atom. The van der Waals surface area contributed by atoms with Gasteiger partial charge in [-0.05, 0) is 39.0 Å². The molecule has 0 aromatic carbocycles. The maximum atomic E-state index is 13.9. The summed E-state index contributed by atoms with van der Waals surface area (Å²) in [5, 5.41) is 8.59. The Morgan fingerprint density at radius 2 is 1.82 bits per heavy atom. The summed E-state index contributed by atoms with van der Waals surface area (Å²) >= 11 is 0. The monoisotopic (exact) mass is 453 g/mol. The molecule has 3 fully saturated rings. The van der Waals surface area contributed by atoms with E-state index in [2.05, 4.69) is 5.32 Å². The first-order chi connectivity index (χ1) is 16.1. The van der Waals surface area contributed by atoms with E-state index in [-0.39, 0.29) is 6.04 Å². The van der Waals surface area contributed by atoms with Gasteiger partial charge in [-0.25, -0.2) is 9.37 Å². The van der Waals surface area contributed by atoms with Gasteiger partial charge < -0.3 is 15.0 Å². The van der Waals surface area contributed by atoms with E-state index in [1.54, 1.807) is 0 Å². The van der Waals surface area contributed by atoms with Gasteiger partial charge in [-0.15, -0.1) is 0 Å². The number of aliphatic imine (C=N–C) groups is 2. The fraction of sp³-hybridized carbons (Fsp3) is 0.667. The Balaban J connectivity index is 1.38. The van der Waals surface area contributed by atoms with Gasteiger partial charge in [-0.2, -0.15) is 9.61 Å². The zero-order chi connectivity index (χ0) is 22.4. The molecule has 4 aliphatic rings. The zero-order valence-electron chi connectivity index (χ0n) is 19.2. The first-order valence-corrected chi connectivity index (χ1v) is 12.4. The van der Waals surface area contributed by atoms with Crippen molar-refractivity contribution >= 4 is 28.7 Å². The Kier molecular flexibility index (Phi) is 5.52. The lowest BCUT2D eigenvalue weighted by molar-refractivity contribution is 0.0903. The van der Waals surface area contributed by atoms with Crippen LogP contribution >= 0.6 is 0 Å². The number of nitrogens with zero attached hydrogens (tertiary/aromatic N) is 6. The molecule has 3 unspecified atom stereocenters. The summed E-state index contributed by atoms with van der Waals surface area (Å²) in [6, 6.07) is 4.91. The van der Waals surface area contributed by atoms with Crippen LogP contribution in [0.3, 0.4) is 0 Å². The van der Waals surface area contributed by atoms with Gasteiger partial charge in [0.15, 0.2) is 5.65 Å². The number of hydrogen-bond donors (Lipinski definition) is 1. The highest BCUT2D eigenvalue weighted by Crippen LogP contribution is 2.29. The first-order valence-electron chi connectivity index (χ1n) is 12.4. The van der Waals surface area contributed by atoms with Crippen LogP contribution in [0.2, 0.25) is 0 Å².